The molecular weight excluding hydrogens is 677 g/mol. The van der Waals surface area contributed by atoms with Gasteiger partial charge in [-0.2, -0.15) is 0 Å². The van der Waals surface area contributed by atoms with Crippen LogP contribution in [0, 0.1) is 17.8 Å². The summed E-state index contributed by atoms with van der Waals surface area (Å²) in [6, 6.07) is 15.6. The van der Waals surface area contributed by atoms with Crippen molar-refractivity contribution in [2.24, 2.45) is 27.7 Å². The summed E-state index contributed by atoms with van der Waals surface area (Å²) in [4.78, 5) is 40.8. The molecule has 0 bridgehead atoms. The molecule has 0 aromatic heterocycles. The first-order valence-electron chi connectivity index (χ1n) is 19.8. The summed E-state index contributed by atoms with van der Waals surface area (Å²) in [5.74, 6) is 1.66. The van der Waals surface area contributed by atoms with Gasteiger partial charge in [0.1, 0.15) is 18.0 Å². The van der Waals surface area contributed by atoms with E-state index < -0.39 is 5.60 Å². The van der Waals surface area contributed by atoms with Crippen LogP contribution in [0.1, 0.15) is 90.8 Å². The lowest BCUT2D eigenvalue weighted by Gasteiger charge is -2.32. The number of ether oxygens (including phenoxy) is 3. The van der Waals surface area contributed by atoms with Gasteiger partial charge in [0.05, 0.1) is 24.4 Å². The molecule has 2 saturated heterocycles. The van der Waals surface area contributed by atoms with Crippen LogP contribution in [0.2, 0.25) is 0 Å². The Kier molecular flexibility index (Phi) is 9.44. The third kappa shape index (κ3) is 6.63. The van der Waals surface area contributed by atoms with E-state index in [1.54, 1.807) is 7.11 Å². The van der Waals surface area contributed by atoms with E-state index in [0.717, 1.165) is 76.0 Å². The first-order valence-corrected chi connectivity index (χ1v) is 19.8. The minimum atomic E-state index is -0.576. The smallest absolute Gasteiger partial charge is 0.410 e. The number of nitrogens with zero attached hydrogens (tertiary/aromatic N) is 4. The number of amides is 2. The van der Waals surface area contributed by atoms with Crippen LogP contribution in [0.25, 0.3) is 27.5 Å². The van der Waals surface area contributed by atoms with E-state index in [9.17, 15) is 9.59 Å². The van der Waals surface area contributed by atoms with Gasteiger partial charge in [-0.05, 0) is 116 Å². The Hall–Kier alpha value is -4.50. The van der Waals surface area contributed by atoms with E-state index in [2.05, 4.69) is 75.1 Å². The Morgan fingerprint density at radius 3 is 2.56 bits per heavy atom. The number of benzene rings is 3. The molecule has 8 rings (SSSR count). The minimum absolute atomic E-state index is 0.00194. The molecule has 3 aromatic carbocycles. The summed E-state index contributed by atoms with van der Waals surface area (Å²) in [7, 11) is 1.71. The number of methoxy groups -OCH3 is 1. The maximum Gasteiger partial charge on any atom is 0.410 e. The second kappa shape index (κ2) is 14.0. The maximum atomic E-state index is 13.5. The van der Waals surface area contributed by atoms with Crippen molar-refractivity contribution in [3.8, 4) is 16.9 Å². The quantitative estimate of drug-likeness (QED) is 0.242. The number of likely N-dealkylation sites (tertiary alicyclic amines) is 2. The molecule has 54 heavy (non-hydrogen) atoms. The first-order chi connectivity index (χ1) is 25.8. The number of carbonyl (C=O) groups is 2. The molecule has 0 N–H and O–H groups in total. The van der Waals surface area contributed by atoms with Gasteiger partial charge in [-0.15, -0.1) is 0 Å². The summed E-state index contributed by atoms with van der Waals surface area (Å²) in [5.41, 5.74) is 9.44. The molecule has 1 unspecified atom stereocenters. The lowest BCUT2D eigenvalue weighted by molar-refractivity contribution is -0.137. The van der Waals surface area contributed by atoms with Crippen molar-refractivity contribution in [3.05, 3.63) is 65.4 Å². The van der Waals surface area contributed by atoms with Crippen LogP contribution < -0.4 is 4.74 Å². The molecule has 3 aromatic rings. The standard InChI is InChI=1S/C45H54N4O5/c1-25(2)27(4)43(50)49-26(3)9-14-40(49)38-18-31(21-46-38)29-10-12-33-32(16-29)24-53-42-20-34-30(17-36(33)42)11-13-37-35(34)19-39(47-37)41-15-28(23-52-8)22-48(41)44(51)54-45(5,6)7/h10-13,16-17,20-21,25-28,40-41H,9,14-15,18-19,22-24H2,1-8H3/t26-,27?,28-,40-,41-/m0/s1. The third-order valence-corrected chi connectivity index (χ3v) is 12.2. The van der Waals surface area contributed by atoms with Crippen molar-refractivity contribution in [2.75, 3.05) is 20.3 Å². The van der Waals surface area contributed by atoms with Crippen molar-refractivity contribution in [1.82, 2.24) is 9.80 Å². The molecular formula is C45H54N4O5. The number of fused-ring (bicyclic) bond motifs is 6. The topological polar surface area (TPSA) is 93.0 Å². The van der Waals surface area contributed by atoms with Gasteiger partial charge in [0.25, 0.3) is 0 Å². The number of allylic oxidation sites excluding steroid dienone is 1. The van der Waals surface area contributed by atoms with Crippen LogP contribution in [-0.4, -0.2) is 77.2 Å². The summed E-state index contributed by atoms with van der Waals surface area (Å²) >= 11 is 0. The van der Waals surface area contributed by atoms with Crippen molar-refractivity contribution in [2.45, 2.75) is 111 Å². The predicted molar refractivity (Wildman–Crippen MR) is 215 cm³/mol. The Morgan fingerprint density at radius 2 is 1.80 bits per heavy atom. The Morgan fingerprint density at radius 1 is 0.981 bits per heavy atom. The third-order valence-electron chi connectivity index (χ3n) is 12.2. The summed E-state index contributed by atoms with van der Waals surface area (Å²) in [6.07, 6.45) is 5.93. The van der Waals surface area contributed by atoms with E-state index in [1.807, 2.05) is 31.9 Å². The van der Waals surface area contributed by atoms with Crippen molar-refractivity contribution < 1.29 is 23.8 Å². The summed E-state index contributed by atoms with van der Waals surface area (Å²) < 4.78 is 17.8. The molecule has 2 amide bonds. The molecule has 284 valence electrons. The fourth-order valence-electron chi connectivity index (χ4n) is 9.07. The van der Waals surface area contributed by atoms with Gasteiger partial charge in [0, 0.05) is 67.6 Å². The fraction of sp³-hybridized carbons (Fsp3) is 0.511. The SMILES string of the molecule is COC[C@H]1C[C@@H](C2=Nc3ccc4cc5c(cc4c3C2)OCc2cc(C3=CN=C([C@@H]4CC[C@H](C)N4C(=O)C(C)C(C)C)C3)ccc2-5)N(C(=O)OC(C)(C)C)C1. The van der Waals surface area contributed by atoms with E-state index in [1.165, 1.54) is 16.7 Å². The van der Waals surface area contributed by atoms with Gasteiger partial charge in [-0.25, -0.2) is 4.79 Å². The van der Waals surface area contributed by atoms with Crippen molar-refractivity contribution in [1.29, 1.82) is 0 Å². The Labute approximate surface area is 319 Å². The number of hydrogen-bond acceptors (Lipinski definition) is 7. The van der Waals surface area contributed by atoms with Gasteiger partial charge >= 0.3 is 6.09 Å². The van der Waals surface area contributed by atoms with Crippen LogP contribution in [0.4, 0.5) is 10.5 Å². The molecule has 9 nitrogen and oxygen atoms in total. The Bertz CT molecular complexity index is 2110. The number of carbonyl (C=O) groups excluding carboxylic acids is 2. The highest BCUT2D eigenvalue weighted by Crippen LogP contribution is 2.45. The van der Waals surface area contributed by atoms with E-state index >= 15 is 0 Å². The fourth-order valence-corrected chi connectivity index (χ4v) is 9.07. The molecule has 5 atom stereocenters. The highest BCUT2D eigenvalue weighted by Gasteiger charge is 2.42. The van der Waals surface area contributed by atoms with E-state index in [4.69, 9.17) is 24.2 Å². The molecule has 9 heteroatoms. The lowest BCUT2D eigenvalue weighted by Crippen LogP contribution is -2.46. The largest absolute Gasteiger partial charge is 0.488 e. The number of hydrogen-bond donors (Lipinski definition) is 0. The minimum Gasteiger partial charge on any atom is -0.488 e. The highest BCUT2D eigenvalue weighted by atomic mass is 16.6. The monoisotopic (exact) mass is 730 g/mol. The second-order valence-electron chi connectivity index (χ2n) is 17.5. The van der Waals surface area contributed by atoms with Crippen LogP contribution >= 0.6 is 0 Å². The van der Waals surface area contributed by atoms with Crippen LogP contribution in [0.3, 0.4) is 0 Å². The summed E-state index contributed by atoms with van der Waals surface area (Å²) in [6.45, 7) is 15.9. The van der Waals surface area contributed by atoms with Gasteiger partial charge in [0.15, 0.2) is 0 Å². The molecule has 5 aliphatic rings. The predicted octanol–water partition coefficient (Wildman–Crippen LogP) is 9.16. The average molecular weight is 731 g/mol. The number of aliphatic imine (C=N–C) groups is 2. The van der Waals surface area contributed by atoms with Crippen molar-refractivity contribution in [3.63, 3.8) is 0 Å². The van der Waals surface area contributed by atoms with Gasteiger partial charge < -0.3 is 19.1 Å². The lowest BCUT2D eigenvalue weighted by atomic mass is 9.89. The number of rotatable bonds is 7. The maximum absolute atomic E-state index is 13.5. The van der Waals surface area contributed by atoms with E-state index in [0.29, 0.717) is 32.1 Å². The van der Waals surface area contributed by atoms with Gasteiger partial charge in [0.2, 0.25) is 5.91 Å². The van der Waals surface area contributed by atoms with Gasteiger partial charge in [-0.3, -0.25) is 19.7 Å². The molecule has 0 spiro atoms. The summed E-state index contributed by atoms with van der Waals surface area (Å²) in [5, 5.41) is 2.28. The molecule has 0 aliphatic carbocycles. The van der Waals surface area contributed by atoms with Crippen molar-refractivity contribution >= 4 is 45.5 Å². The van der Waals surface area contributed by atoms with E-state index in [-0.39, 0.29) is 42.0 Å². The first kappa shape index (κ1) is 36.5. The highest BCUT2D eigenvalue weighted by molar-refractivity contribution is 6.07. The molecule has 0 radical (unpaired) electrons. The zero-order chi connectivity index (χ0) is 38.1. The van der Waals surface area contributed by atoms with Gasteiger partial charge in [-0.1, -0.05) is 39.0 Å². The van der Waals surface area contributed by atoms with Crippen LogP contribution in [0.5, 0.6) is 5.75 Å². The molecule has 2 fully saturated rings. The molecule has 0 saturated carbocycles. The second-order valence-corrected chi connectivity index (χ2v) is 17.5. The van der Waals surface area contributed by atoms with Crippen LogP contribution in [-0.2, 0) is 27.3 Å². The Balaban J connectivity index is 1.00. The molecule has 5 heterocycles. The zero-order valence-corrected chi connectivity index (χ0v) is 33.1. The normalized spacial score (nSPS) is 23.8. The van der Waals surface area contributed by atoms with Crippen LogP contribution in [0.15, 0.2) is 58.6 Å². The molecule has 5 aliphatic heterocycles. The zero-order valence-electron chi connectivity index (χ0n) is 33.1. The average Bonchev–Trinajstić information content (AvgIpc) is 3.95.